The van der Waals surface area contributed by atoms with Gasteiger partial charge in [0.1, 0.15) is 0 Å². The first kappa shape index (κ1) is 21.7. The van der Waals surface area contributed by atoms with E-state index >= 15 is 0 Å². The minimum Gasteiger partial charge on any atom is -0.392 e. The summed E-state index contributed by atoms with van der Waals surface area (Å²) in [6, 6.07) is 7.99. The van der Waals surface area contributed by atoms with E-state index in [0.29, 0.717) is 13.0 Å². The summed E-state index contributed by atoms with van der Waals surface area (Å²) in [5.74, 6) is 0.958. The molecule has 0 bridgehead atoms. The number of carbonyl (C=O) groups excluding carboxylic acids is 1. The Morgan fingerprint density at radius 3 is 2.68 bits per heavy atom. The Kier molecular flexibility index (Phi) is 9.81. The van der Waals surface area contributed by atoms with Crippen molar-refractivity contribution in [1.29, 1.82) is 0 Å². The maximum absolute atomic E-state index is 11.8. The van der Waals surface area contributed by atoms with Crippen molar-refractivity contribution in [3.63, 3.8) is 0 Å². The molecule has 3 N–H and O–H groups in total. The van der Waals surface area contributed by atoms with Crippen LogP contribution in [0.2, 0.25) is 0 Å². The van der Waals surface area contributed by atoms with Gasteiger partial charge in [0.05, 0.1) is 13.2 Å². The normalized spacial score (nSPS) is 17.2. The number of nitrogens with zero attached hydrogens (tertiary/aromatic N) is 2. The second-order valence-corrected chi connectivity index (χ2v) is 5.95. The summed E-state index contributed by atoms with van der Waals surface area (Å²) in [5.41, 5.74) is 1.92. The van der Waals surface area contributed by atoms with Crippen LogP contribution < -0.4 is 10.6 Å². The monoisotopic (exact) mass is 460 g/mol. The minimum absolute atomic E-state index is 0. The molecule has 1 atom stereocenters. The summed E-state index contributed by atoms with van der Waals surface area (Å²) in [5, 5.41) is 16.1. The van der Waals surface area contributed by atoms with Crippen LogP contribution in [0.4, 0.5) is 0 Å². The van der Waals surface area contributed by atoms with Gasteiger partial charge in [-0.15, -0.1) is 24.0 Å². The van der Waals surface area contributed by atoms with Crippen molar-refractivity contribution in [1.82, 2.24) is 15.5 Å². The Bertz CT molecular complexity index is 580. The number of hydrogen-bond acceptors (Lipinski definition) is 3. The molecular formula is C18H29IN4O2. The molecule has 0 saturated carbocycles. The van der Waals surface area contributed by atoms with E-state index in [-0.39, 0.29) is 42.5 Å². The number of guanidine groups is 1. The fourth-order valence-corrected chi connectivity index (χ4v) is 2.87. The topological polar surface area (TPSA) is 77.0 Å². The maximum Gasteiger partial charge on any atom is 0.222 e. The predicted octanol–water partition coefficient (Wildman–Crippen LogP) is 1.86. The standard InChI is InChI=1S/C18H28N4O2.HI/c1-3-17(24)22-10-9-16(12-22)21-18(19-4-2)20-11-14-7-5-6-8-15(14)13-23;/h5-8,16,23H,3-4,9-13H2,1-2H3,(H2,19,20,21);1H. The Balaban J connectivity index is 0.00000312. The molecule has 1 aromatic carbocycles. The van der Waals surface area contributed by atoms with E-state index in [2.05, 4.69) is 15.6 Å². The van der Waals surface area contributed by atoms with Crippen molar-refractivity contribution in [2.24, 2.45) is 4.99 Å². The molecule has 1 unspecified atom stereocenters. The van der Waals surface area contributed by atoms with Crippen LogP contribution in [0, 0.1) is 0 Å². The van der Waals surface area contributed by atoms with Crippen molar-refractivity contribution in [2.75, 3.05) is 19.6 Å². The van der Waals surface area contributed by atoms with Crippen LogP contribution in [0.25, 0.3) is 0 Å². The number of likely N-dealkylation sites (tertiary alicyclic amines) is 1. The highest BCUT2D eigenvalue weighted by molar-refractivity contribution is 14.0. The van der Waals surface area contributed by atoms with E-state index in [9.17, 15) is 9.90 Å². The summed E-state index contributed by atoms with van der Waals surface area (Å²) in [6.45, 7) is 6.76. The molecule has 1 aliphatic heterocycles. The highest BCUT2D eigenvalue weighted by atomic mass is 127. The quantitative estimate of drug-likeness (QED) is 0.344. The molecule has 2 rings (SSSR count). The zero-order valence-corrected chi connectivity index (χ0v) is 17.3. The Morgan fingerprint density at radius 2 is 2.04 bits per heavy atom. The van der Waals surface area contributed by atoms with Gasteiger partial charge in [0, 0.05) is 32.1 Å². The van der Waals surface area contributed by atoms with Crippen molar-refractivity contribution < 1.29 is 9.90 Å². The number of nitrogens with one attached hydrogen (secondary N) is 2. The first-order valence-electron chi connectivity index (χ1n) is 8.68. The molecule has 7 heteroatoms. The van der Waals surface area contributed by atoms with Gasteiger partial charge in [0.25, 0.3) is 0 Å². The molecular weight excluding hydrogens is 431 g/mol. The fourth-order valence-electron chi connectivity index (χ4n) is 2.87. The van der Waals surface area contributed by atoms with Gasteiger partial charge in [-0.1, -0.05) is 31.2 Å². The summed E-state index contributed by atoms with van der Waals surface area (Å²) < 4.78 is 0. The molecule has 0 radical (unpaired) electrons. The zero-order valence-electron chi connectivity index (χ0n) is 15.0. The highest BCUT2D eigenvalue weighted by Crippen LogP contribution is 2.12. The number of carbonyl (C=O) groups is 1. The van der Waals surface area contributed by atoms with Crippen LogP contribution in [0.15, 0.2) is 29.3 Å². The van der Waals surface area contributed by atoms with Gasteiger partial charge < -0.3 is 20.6 Å². The minimum atomic E-state index is 0. The van der Waals surface area contributed by atoms with Gasteiger partial charge >= 0.3 is 0 Å². The number of amides is 1. The third kappa shape index (κ3) is 6.47. The molecule has 25 heavy (non-hydrogen) atoms. The number of hydrogen-bond donors (Lipinski definition) is 3. The summed E-state index contributed by atoms with van der Waals surface area (Å²) in [7, 11) is 0. The second-order valence-electron chi connectivity index (χ2n) is 5.95. The van der Waals surface area contributed by atoms with Crippen LogP contribution in [0.5, 0.6) is 0 Å². The van der Waals surface area contributed by atoms with Gasteiger partial charge in [-0.05, 0) is 24.5 Å². The van der Waals surface area contributed by atoms with E-state index in [1.165, 1.54) is 0 Å². The van der Waals surface area contributed by atoms with Crippen molar-refractivity contribution in [3.8, 4) is 0 Å². The van der Waals surface area contributed by atoms with Gasteiger partial charge in [-0.25, -0.2) is 4.99 Å². The lowest BCUT2D eigenvalue weighted by molar-refractivity contribution is -0.129. The van der Waals surface area contributed by atoms with Crippen LogP contribution in [0.3, 0.4) is 0 Å². The van der Waals surface area contributed by atoms with Gasteiger partial charge in [-0.2, -0.15) is 0 Å². The van der Waals surface area contributed by atoms with Crippen molar-refractivity contribution in [2.45, 2.75) is 45.9 Å². The highest BCUT2D eigenvalue weighted by Gasteiger charge is 2.25. The molecule has 140 valence electrons. The summed E-state index contributed by atoms with van der Waals surface area (Å²) in [4.78, 5) is 18.3. The molecule has 1 heterocycles. The van der Waals surface area contributed by atoms with Crippen molar-refractivity contribution in [3.05, 3.63) is 35.4 Å². The van der Waals surface area contributed by atoms with Crippen LogP contribution in [-0.4, -0.2) is 47.5 Å². The average Bonchev–Trinajstić information content (AvgIpc) is 3.08. The summed E-state index contributed by atoms with van der Waals surface area (Å²) in [6.07, 6.45) is 1.49. The lowest BCUT2D eigenvalue weighted by Gasteiger charge is -2.18. The molecule has 1 saturated heterocycles. The molecule has 0 spiro atoms. The number of halogens is 1. The Labute approximate surface area is 167 Å². The molecule has 0 aromatic heterocycles. The zero-order chi connectivity index (χ0) is 17.4. The van der Waals surface area contributed by atoms with Crippen LogP contribution in [-0.2, 0) is 17.9 Å². The number of aliphatic imine (C=N–C) groups is 1. The molecule has 1 amide bonds. The largest absolute Gasteiger partial charge is 0.392 e. The lowest BCUT2D eigenvalue weighted by atomic mass is 10.1. The van der Waals surface area contributed by atoms with Gasteiger partial charge in [0.15, 0.2) is 5.96 Å². The van der Waals surface area contributed by atoms with E-state index in [0.717, 1.165) is 43.1 Å². The molecule has 1 fully saturated rings. The molecule has 6 nitrogen and oxygen atoms in total. The van der Waals surface area contributed by atoms with E-state index < -0.39 is 0 Å². The number of aliphatic hydroxyl groups excluding tert-OH is 1. The number of benzene rings is 1. The number of rotatable bonds is 6. The third-order valence-corrected chi connectivity index (χ3v) is 4.22. The van der Waals surface area contributed by atoms with Gasteiger partial charge in [0.2, 0.25) is 5.91 Å². The van der Waals surface area contributed by atoms with E-state index in [1.54, 1.807) is 0 Å². The SMILES string of the molecule is CCNC(=NCc1ccccc1CO)NC1CCN(C(=O)CC)C1.I. The molecule has 0 aliphatic carbocycles. The smallest absolute Gasteiger partial charge is 0.222 e. The van der Waals surface area contributed by atoms with Crippen LogP contribution >= 0.6 is 24.0 Å². The summed E-state index contributed by atoms with van der Waals surface area (Å²) >= 11 is 0. The Hall–Kier alpha value is -1.35. The third-order valence-electron chi connectivity index (χ3n) is 4.22. The maximum atomic E-state index is 11.8. The second kappa shape index (κ2) is 11.3. The van der Waals surface area contributed by atoms with Crippen molar-refractivity contribution >= 4 is 35.8 Å². The fraction of sp³-hybridized carbons (Fsp3) is 0.556. The van der Waals surface area contributed by atoms with E-state index in [1.807, 2.05) is 43.0 Å². The Morgan fingerprint density at radius 1 is 1.32 bits per heavy atom. The van der Waals surface area contributed by atoms with Crippen LogP contribution in [0.1, 0.15) is 37.8 Å². The van der Waals surface area contributed by atoms with E-state index in [4.69, 9.17) is 0 Å². The van der Waals surface area contributed by atoms with Gasteiger partial charge in [-0.3, -0.25) is 4.79 Å². The average molecular weight is 460 g/mol. The molecule has 1 aliphatic rings. The predicted molar refractivity (Wildman–Crippen MR) is 111 cm³/mol. The molecule has 1 aromatic rings. The first-order chi connectivity index (χ1) is 11.7. The first-order valence-corrected chi connectivity index (χ1v) is 8.68. The number of aliphatic hydroxyl groups is 1. The lowest BCUT2D eigenvalue weighted by Crippen LogP contribution is -2.45.